The van der Waals surface area contributed by atoms with Gasteiger partial charge in [0.1, 0.15) is 0 Å². The maximum absolute atomic E-state index is 10.9. The second-order valence-corrected chi connectivity index (χ2v) is 4.66. The molecular weight excluding hydrogens is 232 g/mol. The van der Waals surface area contributed by atoms with Gasteiger partial charge in [-0.05, 0) is 42.4 Å². The molecule has 1 atom stereocenters. The van der Waals surface area contributed by atoms with E-state index >= 15 is 0 Å². The monoisotopic (exact) mass is 248 g/mol. The average Bonchev–Trinajstić information content (AvgIpc) is 3.09. The molecule has 1 aliphatic carbocycles. The lowest BCUT2D eigenvalue weighted by atomic mass is 9.91. The second kappa shape index (κ2) is 5.08. The summed E-state index contributed by atoms with van der Waals surface area (Å²) < 4.78 is 0. The summed E-state index contributed by atoms with van der Waals surface area (Å²) in [4.78, 5) is 21.7. The van der Waals surface area contributed by atoms with Crippen molar-refractivity contribution in [3.05, 3.63) is 29.8 Å². The molecule has 18 heavy (non-hydrogen) atoms. The lowest BCUT2D eigenvalue weighted by Crippen LogP contribution is -2.19. The number of aliphatic carboxylic acids is 1. The smallest absolute Gasteiger partial charge is 0.316 e. The largest absolute Gasteiger partial charge is 0.481 e. The van der Waals surface area contributed by atoms with Gasteiger partial charge in [-0.25, -0.2) is 4.79 Å². The third-order valence-corrected chi connectivity index (χ3v) is 3.17. The molecule has 4 N–H and O–H groups in total. The molecule has 0 bridgehead atoms. The van der Waals surface area contributed by atoms with Crippen molar-refractivity contribution >= 4 is 17.7 Å². The molecule has 1 fully saturated rings. The van der Waals surface area contributed by atoms with Gasteiger partial charge in [-0.15, -0.1) is 0 Å². The molecule has 0 aromatic heterocycles. The predicted octanol–water partition coefficient (Wildman–Crippen LogP) is 2.15. The fourth-order valence-corrected chi connectivity index (χ4v) is 2.23. The Kier molecular flexibility index (Phi) is 3.50. The van der Waals surface area contributed by atoms with Crippen molar-refractivity contribution in [2.24, 2.45) is 11.7 Å². The number of urea groups is 1. The van der Waals surface area contributed by atoms with Gasteiger partial charge in [0.25, 0.3) is 0 Å². The molecule has 5 heteroatoms. The Bertz CT molecular complexity index is 469. The molecule has 2 rings (SSSR count). The zero-order valence-corrected chi connectivity index (χ0v) is 9.93. The molecule has 1 aromatic rings. The lowest BCUT2D eigenvalue weighted by Gasteiger charge is -2.15. The van der Waals surface area contributed by atoms with Crippen molar-refractivity contribution in [2.45, 2.75) is 25.2 Å². The van der Waals surface area contributed by atoms with E-state index in [1.54, 1.807) is 18.2 Å². The van der Waals surface area contributed by atoms with Crippen LogP contribution < -0.4 is 11.1 Å². The second-order valence-electron chi connectivity index (χ2n) is 4.66. The fourth-order valence-electron chi connectivity index (χ4n) is 2.23. The van der Waals surface area contributed by atoms with E-state index in [0.717, 1.165) is 18.4 Å². The average molecular weight is 248 g/mol. The van der Waals surface area contributed by atoms with Gasteiger partial charge in [0.05, 0.1) is 6.42 Å². The van der Waals surface area contributed by atoms with Gasteiger partial charge in [-0.1, -0.05) is 12.1 Å². The number of primary amides is 1. The van der Waals surface area contributed by atoms with Crippen LogP contribution in [0.3, 0.4) is 0 Å². The summed E-state index contributed by atoms with van der Waals surface area (Å²) in [5, 5.41) is 11.5. The van der Waals surface area contributed by atoms with Crippen molar-refractivity contribution in [1.29, 1.82) is 0 Å². The van der Waals surface area contributed by atoms with Gasteiger partial charge < -0.3 is 16.2 Å². The maximum Gasteiger partial charge on any atom is 0.316 e. The summed E-state index contributed by atoms with van der Waals surface area (Å²) in [6.45, 7) is 0. The van der Waals surface area contributed by atoms with E-state index in [0.29, 0.717) is 11.6 Å². The number of carbonyl (C=O) groups excluding carboxylic acids is 1. The first kappa shape index (κ1) is 12.4. The predicted molar refractivity (Wildman–Crippen MR) is 67.4 cm³/mol. The third-order valence-electron chi connectivity index (χ3n) is 3.17. The highest BCUT2D eigenvalue weighted by Gasteiger charge is 2.33. The maximum atomic E-state index is 10.9. The van der Waals surface area contributed by atoms with Crippen molar-refractivity contribution in [3.63, 3.8) is 0 Å². The highest BCUT2D eigenvalue weighted by Crippen LogP contribution is 2.44. The van der Waals surface area contributed by atoms with E-state index in [1.807, 2.05) is 6.07 Å². The van der Waals surface area contributed by atoms with Crippen LogP contribution in [-0.4, -0.2) is 17.1 Å². The summed E-state index contributed by atoms with van der Waals surface area (Å²) >= 11 is 0. The molecule has 2 amide bonds. The number of carbonyl (C=O) groups is 2. The van der Waals surface area contributed by atoms with Crippen LogP contribution in [0.4, 0.5) is 10.5 Å². The molecule has 96 valence electrons. The SMILES string of the molecule is NC(=O)Nc1cccc(C(CC(=O)O)C2CC2)c1. The summed E-state index contributed by atoms with van der Waals surface area (Å²) in [6, 6.07) is 6.62. The van der Waals surface area contributed by atoms with E-state index in [4.69, 9.17) is 10.8 Å². The van der Waals surface area contributed by atoms with Crippen LogP contribution in [0.25, 0.3) is 0 Å². The Hall–Kier alpha value is -2.04. The molecular formula is C13H16N2O3. The molecule has 0 saturated heterocycles. The fraction of sp³-hybridized carbons (Fsp3) is 0.385. The first-order valence-electron chi connectivity index (χ1n) is 5.94. The van der Waals surface area contributed by atoms with Crippen LogP contribution in [0.1, 0.15) is 30.7 Å². The van der Waals surface area contributed by atoms with Gasteiger partial charge in [0.15, 0.2) is 0 Å². The number of nitrogens with one attached hydrogen (secondary N) is 1. The van der Waals surface area contributed by atoms with Gasteiger partial charge in [0.2, 0.25) is 0 Å². The molecule has 1 aliphatic rings. The highest BCUT2D eigenvalue weighted by molar-refractivity contribution is 5.87. The molecule has 0 aliphatic heterocycles. The minimum atomic E-state index is -0.792. The Morgan fingerprint density at radius 1 is 1.44 bits per heavy atom. The van der Waals surface area contributed by atoms with Gasteiger partial charge in [-0.3, -0.25) is 4.79 Å². The van der Waals surface area contributed by atoms with Crippen molar-refractivity contribution in [1.82, 2.24) is 0 Å². The molecule has 1 saturated carbocycles. The summed E-state index contributed by atoms with van der Waals surface area (Å²) in [7, 11) is 0. The van der Waals surface area contributed by atoms with Crippen LogP contribution >= 0.6 is 0 Å². The van der Waals surface area contributed by atoms with Crippen LogP contribution in [-0.2, 0) is 4.79 Å². The molecule has 0 radical (unpaired) electrons. The Balaban J connectivity index is 2.18. The number of carboxylic acids is 1. The van der Waals surface area contributed by atoms with Crippen LogP contribution in [0.2, 0.25) is 0 Å². The standard InChI is InChI=1S/C13H16N2O3/c14-13(18)15-10-3-1-2-9(6-10)11(7-12(16)17)8-4-5-8/h1-3,6,8,11H,4-5,7H2,(H,16,17)(H3,14,15,18). The number of anilines is 1. The highest BCUT2D eigenvalue weighted by atomic mass is 16.4. The number of nitrogens with two attached hydrogens (primary N) is 1. The molecule has 1 aromatic carbocycles. The topological polar surface area (TPSA) is 92.4 Å². The van der Waals surface area contributed by atoms with Crippen LogP contribution in [0.5, 0.6) is 0 Å². The van der Waals surface area contributed by atoms with Gasteiger partial charge in [-0.2, -0.15) is 0 Å². The van der Waals surface area contributed by atoms with Crippen molar-refractivity contribution in [2.75, 3.05) is 5.32 Å². The lowest BCUT2D eigenvalue weighted by molar-refractivity contribution is -0.137. The number of benzene rings is 1. The van der Waals surface area contributed by atoms with E-state index in [2.05, 4.69) is 5.32 Å². The zero-order chi connectivity index (χ0) is 13.1. The number of hydrogen-bond acceptors (Lipinski definition) is 2. The van der Waals surface area contributed by atoms with Crippen molar-refractivity contribution < 1.29 is 14.7 Å². The first-order valence-corrected chi connectivity index (χ1v) is 5.94. The van der Waals surface area contributed by atoms with E-state index < -0.39 is 12.0 Å². The Labute approximate surface area is 105 Å². The van der Waals surface area contributed by atoms with Gasteiger partial charge in [0, 0.05) is 5.69 Å². The van der Waals surface area contributed by atoms with Gasteiger partial charge >= 0.3 is 12.0 Å². The Morgan fingerprint density at radius 2 is 2.17 bits per heavy atom. The minimum absolute atomic E-state index is 0.0251. The van der Waals surface area contributed by atoms with Crippen molar-refractivity contribution in [3.8, 4) is 0 Å². The normalized spacial score (nSPS) is 16.0. The number of hydrogen-bond donors (Lipinski definition) is 3. The van der Waals surface area contributed by atoms with E-state index in [9.17, 15) is 9.59 Å². The minimum Gasteiger partial charge on any atom is -0.481 e. The zero-order valence-electron chi connectivity index (χ0n) is 9.93. The van der Waals surface area contributed by atoms with E-state index in [-0.39, 0.29) is 12.3 Å². The number of amides is 2. The third kappa shape index (κ3) is 3.23. The van der Waals surface area contributed by atoms with Crippen LogP contribution in [0.15, 0.2) is 24.3 Å². The molecule has 1 unspecified atom stereocenters. The molecule has 5 nitrogen and oxygen atoms in total. The summed E-state index contributed by atoms with van der Waals surface area (Å²) in [5.74, 6) is -0.317. The molecule has 0 spiro atoms. The van der Waals surface area contributed by atoms with E-state index in [1.165, 1.54) is 0 Å². The number of carboxylic acid groups (broad SMARTS) is 1. The summed E-state index contributed by atoms with van der Waals surface area (Å²) in [6.07, 6.45) is 2.28. The molecule has 0 heterocycles. The Morgan fingerprint density at radius 3 is 2.72 bits per heavy atom. The quantitative estimate of drug-likeness (QED) is 0.745. The summed E-state index contributed by atoms with van der Waals surface area (Å²) in [5.41, 5.74) is 6.62. The first-order chi connectivity index (χ1) is 8.56. The van der Waals surface area contributed by atoms with Crippen LogP contribution in [0, 0.1) is 5.92 Å². The number of rotatable bonds is 5.